The fraction of sp³-hybridized carbons (Fsp3) is 1.00. The van der Waals surface area contributed by atoms with Gasteiger partial charge < -0.3 is 10.2 Å². The minimum absolute atomic E-state index is 0.813. The van der Waals surface area contributed by atoms with E-state index in [0.29, 0.717) is 0 Å². The fourth-order valence-corrected chi connectivity index (χ4v) is 2.91. The molecule has 2 heteroatoms. The fourth-order valence-electron chi connectivity index (χ4n) is 2.91. The van der Waals surface area contributed by atoms with Crippen molar-refractivity contribution in [3.8, 4) is 0 Å². The van der Waals surface area contributed by atoms with Gasteiger partial charge in [-0.2, -0.15) is 0 Å². The van der Waals surface area contributed by atoms with E-state index in [9.17, 15) is 0 Å². The zero-order chi connectivity index (χ0) is 10.5. The van der Waals surface area contributed by atoms with E-state index in [1.807, 2.05) is 0 Å². The van der Waals surface area contributed by atoms with Crippen LogP contribution >= 0.6 is 0 Å². The first-order valence-electron chi connectivity index (χ1n) is 6.84. The van der Waals surface area contributed by atoms with Gasteiger partial charge in [-0.1, -0.05) is 13.3 Å². The highest BCUT2D eigenvalue weighted by molar-refractivity contribution is 4.79. The minimum Gasteiger partial charge on any atom is -0.314 e. The molecule has 88 valence electrons. The Hall–Kier alpha value is -0.0800. The maximum atomic E-state index is 3.72. The quantitative estimate of drug-likeness (QED) is 0.765. The molecule has 2 aliphatic rings. The molecule has 2 fully saturated rings. The predicted octanol–water partition coefficient (Wildman–Crippen LogP) is 2.25. The lowest BCUT2D eigenvalue weighted by molar-refractivity contribution is 0.257. The van der Waals surface area contributed by atoms with Gasteiger partial charge in [0.25, 0.3) is 0 Å². The Bertz CT molecular complexity index is 167. The largest absolute Gasteiger partial charge is 0.314 e. The van der Waals surface area contributed by atoms with Crippen LogP contribution in [0.2, 0.25) is 0 Å². The first kappa shape index (κ1) is 11.4. The predicted molar refractivity (Wildman–Crippen MR) is 65.1 cm³/mol. The van der Waals surface area contributed by atoms with Crippen molar-refractivity contribution in [3.63, 3.8) is 0 Å². The van der Waals surface area contributed by atoms with Crippen LogP contribution < -0.4 is 5.32 Å². The summed E-state index contributed by atoms with van der Waals surface area (Å²) >= 11 is 0. The summed E-state index contributed by atoms with van der Waals surface area (Å²) in [6, 6.07) is 0.813. The van der Waals surface area contributed by atoms with E-state index >= 15 is 0 Å². The van der Waals surface area contributed by atoms with Crippen molar-refractivity contribution in [2.45, 2.75) is 51.5 Å². The van der Waals surface area contributed by atoms with Crippen LogP contribution in [0, 0.1) is 5.92 Å². The first-order chi connectivity index (χ1) is 7.38. The zero-order valence-corrected chi connectivity index (χ0v) is 10.2. The SMILES string of the molecule is CC[C@H]1CC[C@@H](CCN2CCCC2)NC1. The summed E-state index contributed by atoms with van der Waals surface area (Å²) in [5.41, 5.74) is 0. The van der Waals surface area contributed by atoms with E-state index in [0.717, 1.165) is 12.0 Å². The van der Waals surface area contributed by atoms with Crippen molar-refractivity contribution < 1.29 is 0 Å². The molecule has 0 spiro atoms. The Morgan fingerprint density at radius 3 is 2.60 bits per heavy atom. The lowest BCUT2D eigenvalue weighted by atomic mass is 9.91. The minimum atomic E-state index is 0.813. The highest BCUT2D eigenvalue weighted by Gasteiger charge is 2.20. The van der Waals surface area contributed by atoms with Gasteiger partial charge in [0.2, 0.25) is 0 Å². The molecule has 1 N–H and O–H groups in total. The Kier molecular flexibility index (Phi) is 4.45. The van der Waals surface area contributed by atoms with Gasteiger partial charge in [0.05, 0.1) is 0 Å². The number of nitrogens with one attached hydrogen (secondary N) is 1. The zero-order valence-electron chi connectivity index (χ0n) is 10.2. The first-order valence-corrected chi connectivity index (χ1v) is 6.84. The highest BCUT2D eigenvalue weighted by Crippen LogP contribution is 2.19. The van der Waals surface area contributed by atoms with Gasteiger partial charge in [0, 0.05) is 6.04 Å². The molecule has 2 saturated heterocycles. The standard InChI is InChI=1S/C13H26N2/c1-2-12-5-6-13(14-11-12)7-10-15-8-3-4-9-15/h12-14H,2-11H2,1H3/t12-,13-/m0/s1. The van der Waals surface area contributed by atoms with Gasteiger partial charge in [0.15, 0.2) is 0 Å². The summed E-state index contributed by atoms with van der Waals surface area (Å²) < 4.78 is 0. The van der Waals surface area contributed by atoms with E-state index in [2.05, 4.69) is 17.1 Å². The summed E-state index contributed by atoms with van der Waals surface area (Å²) in [5, 5.41) is 3.72. The number of rotatable bonds is 4. The number of nitrogens with zero attached hydrogens (tertiary/aromatic N) is 1. The number of piperidine rings is 1. The van der Waals surface area contributed by atoms with E-state index in [4.69, 9.17) is 0 Å². The second kappa shape index (κ2) is 5.86. The molecule has 0 unspecified atom stereocenters. The van der Waals surface area contributed by atoms with Gasteiger partial charge >= 0.3 is 0 Å². The molecule has 0 saturated carbocycles. The summed E-state index contributed by atoms with van der Waals surface area (Å²) in [5.74, 6) is 0.952. The normalized spacial score (nSPS) is 33.4. The molecular formula is C13H26N2. The van der Waals surface area contributed by atoms with Crippen LogP contribution in [-0.4, -0.2) is 37.1 Å². The second-order valence-electron chi connectivity index (χ2n) is 5.29. The van der Waals surface area contributed by atoms with Gasteiger partial charge in [0.1, 0.15) is 0 Å². The molecule has 0 bridgehead atoms. The van der Waals surface area contributed by atoms with Crippen LogP contribution in [-0.2, 0) is 0 Å². The van der Waals surface area contributed by atoms with Crippen molar-refractivity contribution in [1.82, 2.24) is 10.2 Å². The highest BCUT2D eigenvalue weighted by atomic mass is 15.1. The molecule has 0 aromatic rings. The van der Waals surface area contributed by atoms with Crippen LogP contribution in [0.15, 0.2) is 0 Å². The van der Waals surface area contributed by atoms with E-state index < -0.39 is 0 Å². The Labute approximate surface area is 94.4 Å². The molecule has 2 nitrogen and oxygen atoms in total. The van der Waals surface area contributed by atoms with Gasteiger partial charge in [-0.3, -0.25) is 0 Å². The molecular weight excluding hydrogens is 184 g/mol. The average molecular weight is 210 g/mol. The van der Waals surface area contributed by atoms with E-state index in [1.54, 1.807) is 0 Å². The molecule has 2 atom stereocenters. The lowest BCUT2D eigenvalue weighted by Gasteiger charge is -2.30. The summed E-state index contributed by atoms with van der Waals surface area (Å²) in [6.07, 6.45) is 8.44. The molecule has 0 aromatic heterocycles. The van der Waals surface area contributed by atoms with Crippen molar-refractivity contribution >= 4 is 0 Å². The molecule has 0 amide bonds. The molecule has 2 heterocycles. The van der Waals surface area contributed by atoms with Crippen LogP contribution in [0.1, 0.15) is 45.4 Å². The van der Waals surface area contributed by atoms with Crippen LogP contribution in [0.4, 0.5) is 0 Å². The van der Waals surface area contributed by atoms with Gasteiger partial charge in [-0.05, 0) is 64.2 Å². The van der Waals surface area contributed by atoms with Crippen molar-refractivity contribution in [3.05, 3.63) is 0 Å². The van der Waals surface area contributed by atoms with E-state index in [-0.39, 0.29) is 0 Å². The maximum Gasteiger partial charge on any atom is 0.00794 e. The molecule has 0 aliphatic carbocycles. The van der Waals surface area contributed by atoms with E-state index in [1.165, 1.54) is 64.7 Å². The van der Waals surface area contributed by atoms with Crippen molar-refractivity contribution in [1.29, 1.82) is 0 Å². The molecule has 2 rings (SSSR count). The Balaban J connectivity index is 1.59. The second-order valence-corrected chi connectivity index (χ2v) is 5.29. The summed E-state index contributed by atoms with van der Waals surface area (Å²) in [7, 11) is 0. The molecule has 0 radical (unpaired) electrons. The third-order valence-electron chi connectivity index (χ3n) is 4.19. The van der Waals surface area contributed by atoms with Gasteiger partial charge in [-0.15, -0.1) is 0 Å². The van der Waals surface area contributed by atoms with Crippen LogP contribution in [0.5, 0.6) is 0 Å². The number of hydrogen-bond donors (Lipinski definition) is 1. The van der Waals surface area contributed by atoms with Crippen molar-refractivity contribution in [2.24, 2.45) is 5.92 Å². The van der Waals surface area contributed by atoms with Crippen molar-refractivity contribution in [2.75, 3.05) is 26.2 Å². The molecule has 0 aromatic carbocycles. The Morgan fingerprint density at radius 1 is 1.20 bits per heavy atom. The third-order valence-corrected chi connectivity index (χ3v) is 4.19. The lowest BCUT2D eigenvalue weighted by Crippen LogP contribution is -2.40. The summed E-state index contributed by atoms with van der Waals surface area (Å²) in [6.45, 7) is 7.61. The maximum absolute atomic E-state index is 3.72. The molecule has 2 aliphatic heterocycles. The molecule has 15 heavy (non-hydrogen) atoms. The monoisotopic (exact) mass is 210 g/mol. The third kappa shape index (κ3) is 3.46. The van der Waals surface area contributed by atoms with Gasteiger partial charge in [-0.25, -0.2) is 0 Å². The number of hydrogen-bond acceptors (Lipinski definition) is 2. The summed E-state index contributed by atoms with van der Waals surface area (Å²) in [4.78, 5) is 2.63. The van der Waals surface area contributed by atoms with Crippen LogP contribution in [0.3, 0.4) is 0 Å². The average Bonchev–Trinajstić information content (AvgIpc) is 2.80. The van der Waals surface area contributed by atoms with Crippen LogP contribution in [0.25, 0.3) is 0 Å². The topological polar surface area (TPSA) is 15.3 Å². The Morgan fingerprint density at radius 2 is 2.00 bits per heavy atom. The smallest absolute Gasteiger partial charge is 0.00794 e. The number of likely N-dealkylation sites (tertiary alicyclic amines) is 1.